The number of aliphatic imine (C=N–C) groups is 1. The number of halogens is 6. The Bertz CT molecular complexity index is 2220. The molecular weight excluding hydrogens is 1090 g/mol. The molecule has 15 nitrogen and oxygen atoms in total. The number of rotatable bonds is 23. The normalized spacial score (nSPS) is 16.5. The van der Waals surface area contributed by atoms with Gasteiger partial charge in [-0.25, -0.2) is 0 Å². The van der Waals surface area contributed by atoms with E-state index < -0.39 is 12.4 Å². The highest BCUT2D eigenvalue weighted by Crippen LogP contribution is 2.61. The number of aldehydes is 1. The lowest BCUT2D eigenvalue weighted by Gasteiger charge is -2.29. The number of para-hydroxylation sites is 2. The molecule has 0 aromatic heterocycles. The number of hydrogen-bond donors (Lipinski definition) is 2. The van der Waals surface area contributed by atoms with Crippen LogP contribution in [0.1, 0.15) is 91.3 Å². The quantitative estimate of drug-likeness (QED) is 0.0204. The molecule has 3 aliphatic rings. The minimum atomic E-state index is -3.22. The number of carbonyl (C=O) groups excluding carboxylic acids is 5. The maximum absolute atomic E-state index is 11.3. The lowest BCUT2D eigenvalue weighted by Crippen LogP contribution is -2.34. The van der Waals surface area contributed by atoms with Crippen LogP contribution in [0.25, 0.3) is 0 Å². The average Bonchev–Trinajstić information content (AvgIpc) is 3.41. The molecule has 22 heteroatoms. The summed E-state index contributed by atoms with van der Waals surface area (Å²) in [5.41, 5.74) is 5.01. The summed E-state index contributed by atoms with van der Waals surface area (Å²) < 4.78 is 38.9. The average molecular weight is 1170 g/mol. The molecule has 2 aromatic rings. The van der Waals surface area contributed by atoms with Crippen LogP contribution in [-0.2, 0) is 42.7 Å². The molecule has 0 atom stereocenters. The van der Waals surface area contributed by atoms with Gasteiger partial charge in [-0.05, 0) is 116 Å². The molecule has 0 amide bonds. The van der Waals surface area contributed by atoms with Gasteiger partial charge in [-0.3, -0.25) is 47.7 Å². The van der Waals surface area contributed by atoms with Crippen LogP contribution < -0.4 is 5.32 Å². The molecule has 418 valence electrons. The summed E-state index contributed by atoms with van der Waals surface area (Å²) in [7, 11) is 3.24. The number of likely N-dealkylation sites (tertiary alicyclic amines) is 1. The first-order valence-electron chi connectivity index (χ1n) is 25.2. The summed E-state index contributed by atoms with van der Waals surface area (Å²) in [6, 6.07) is 19.9. The number of carbonyl (C=O) groups is 5. The number of methoxy groups -OCH3 is 3. The summed E-state index contributed by atoms with van der Waals surface area (Å²) in [4.78, 5) is 66.4. The van der Waals surface area contributed by atoms with Gasteiger partial charge >= 0.3 is 23.1 Å². The zero-order valence-corrected chi connectivity index (χ0v) is 47.9. The Hall–Kier alpha value is -4.09. The minimum absolute atomic E-state index is 0.122. The number of alkyl halides is 1. The topological polar surface area (TPSA) is 184 Å². The summed E-state index contributed by atoms with van der Waals surface area (Å²) in [5.74, 6) is -0.0637. The lowest BCUT2D eigenvalue weighted by molar-refractivity contribution is -0.141. The van der Waals surface area contributed by atoms with Gasteiger partial charge in [-0.2, -0.15) is 0 Å². The van der Waals surface area contributed by atoms with Crippen LogP contribution in [0.3, 0.4) is 0 Å². The van der Waals surface area contributed by atoms with E-state index in [0.717, 1.165) is 144 Å². The van der Waals surface area contributed by atoms with Gasteiger partial charge in [-0.1, -0.05) is 78.9 Å². The van der Waals surface area contributed by atoms with Crippen molar-refractivity contribution < 1.29 is 53.6 Å². The Morgan fingerprint density at radius 1 is 0.693 bits per heavy atom. The van der Waals surface area contributed by atoms with Gasteiger partial charge in [0.2, 0.25) is 0 Å². The standard InChI is InChI=1S/C26H30ClN3O2.C14H20ClNO4.C12H21NO3.CH3F.Cl3OP/c1-32-25(31)15-9-4-10-16-30-19-21(17-28-23-11-5-2-6-12-23)26(27)22(20-30)18-29-24-13-7-3-8-14-24;1-20-13(19)5-3-2-4-6-16-7-11(9-17)14(15)12(8-16)10-18;1-16-12(15)5-3-2-4-8-13-9-6-11(14)7-10-13;1-2;1-5(2,3)4/h2-3,5-8,11-14,17-18,28H,4,9-10,15-16,19-20H2,1H3;9-10,17H,2-8H2,1H3;2-10H2,1H3;1H3;/b21-17+,29-18?;11-9-;;;/i;;;1D;. The first-order valence-corrected chi connectivity index (χ1v) is 29.7. The van der Waals surface area contributed by atoms with Crippen LogP contribution in [-0.4, -0.2) is 143 Å². The molecule has 0 spiro atoms. The molecule has 2 aromatic carbocycles. The van der Waals surface area contributed by atoms with Gasteiger partial charge in [0.05, 0.1) is 51.9 Å². The zero-order valence-electron chi connectivity index (χ0n) is 44.2. The third-order valence-corrected chi connectivity index (χ3v) is 12.4. The van der Waals surface area contributed by atoms with E-state index in [1.807, 2.05) is 73.1 Å². The second-order valence-corrected chi connectivity index (χ2v) is 24.5. The number of anilines is 1. The van der Waals surface area contributed by atoms with Gasteiger partial charge in [0, 0.05) is 112 Å². The fraction of sp³-hybridized carbons (Fsp3) is 0.509. The fourth-order valence-electron chi connectivity index (χ4n) is 7.52. The summed E-state index contributed by atoms with van der Waals surface area (Å²) in [6.45, 7) is 7.13. The molecule has 0 aliphatic carbocycles. The molecule has 2 N–H and O–H groups in total. The van der Waals surface area contributed by atoms with Crippen LogP contribution in [0, 0.1) is 0 Å². The molecular formula is C53H74Cl5FN5O10P. The first-order chi connectivity index (χ1) is 36.4. The van der Waals surface area contributed by atoms with E-state index in [2.05, 4.69) is 68.2 Å². The second kappa shape index (κ2) is 42.0. The number of hydrogen-bond acceptors (Lipinski definition) is 15. The van der Waals surface area contributed by atoms with E-state index in [-0.39, 0.29) is 17.9 Å². The van der Waals surface area contributed by atoms with E-state index in [4.69, 9.17) is 34.4 Å². The monoisotopic (exact) mass is 1170 g/mol. The van der Waals surface area contributed by atoms with Gasteiger partial charge in [0.15, 0.2) is 0 Å². The predicted octanol–water partition coefficient (Wildman–Crippen LogP) is 12.9. The van der Waals surface area contributed by atoms with Gasteiger partial charge in [-0.15, -0.1) is 0 Å². The van der Waals surface area contributed by atoms with Crippen molar-refractivity contribution in [2.24, 2.45) is 4.99 Å². The van der Waals surface area contributed by atoms with Crippen molar-refractivity contribution in [3.8, 4) is 0 Å². The number of piperidine rings is 1. The van der Waals surface area contributed by atoms with Crippen molar-refractivity contribution in [3.63, 3.8) is 0 Å². The Morgan fingerprint density at radius 3 is 1.55 bits per heavy atom. The number of nitrogens with zero attached hydrogens (tertiary/aromatic N) is 4. The SMILES string of the molecule is COC(=O)CCCCCN1CC(C=Nc2ccccc2)=C(Cl)/C(=C/Nc2ccccc2)C1.COC(=O)CCCCCN1CC(C=O)=C(Cl)/C(=C\O)C1.COC(=O)CCCCCN1CCC(=O)CC1.O=P(Cl)(Cl)Cl.[2H]CF. The van der Waals surface area contributed by atoms with E-state index in [0.29, 0.717) is 67.2 Å². The molecule has 0 bridgehead atoms. The maximum atomic E-state index is 11.3. The van der Waals surface area contributed by atoms with E-state index in [9.17, 15) is 32.9 Å². The van der Waals surface area contributed by atoms with Crippen molar-refractivity contribution in [1.29, 1.82) is 0 Å². The molecule has 5 rings (SSSR count). The van der Waals surface area contributed by atoms with Crippen molar-refractivity contribution in [1.82, 2.24) is 14.7 Å². The minimum Gasteiger partial charge on any atom is -0.515 e. The summed E-state index contributed by atoms with van der Waals surface area (Å²) in [6.07, 6.45) is 16.9. The van der Waals surface area contributed by atoms with Gasteiger partial charge in [0.25, 0.3) is 0 Å². The smallest absolute Gasteiger partial charge is 0.339 e. The highest BCUT2D eigenvalue weighted by Gasteiger charge is 2.23. The number of unbranched alkanes of at least 4 members (excludes halogenated alkanes) is 6. The van der Waals surface area contributed by atoms with Crippen molar-refractivity contribution >= 4 is 110 Å². The molecule has 75 heavy (non-hydrogen) atoms. The van der Waals surface area contributed by atoms with Crippen molar-refractivity contribution in [2.45, 2.75) is 89.9 Å². The van der Waals surface area contributed by atoms with Crippen LogP contribution in [0.5, 0.6) is 0 Å². The maximum Gasteiger partial charge on any atom is 0.339 e. The molecule has 0 unspecified atom stereocenters. The fourth-order valence-corrected chi connectivity index (χ4v) is 7.96. The van der Waals surface area contributed by atoms with E-state index in [1.54, 1.807) is 0 Å². The van der Waals surface area contributed by atoms with Crippen molar-refractivity contribution in [3.05, 3.63) is 105 Å². The summed E-state index contributed by atoms with van der Waals surface area (Å²) in [5, 5.41) is 10.3. The number of esters is 3. The highest BCUT2D eigenvalue weighted by molar-refractivity contribution is 8.24. The molecule has 3 aliphatic heterocycles. The summed E-state index contributed by atoms with van der Waals surface area (Å²) >= 11 is 26.6. The third-order valence-electron chi connectivity index (χ3n) is 11.5. The highest BCUT2D eigenvalue weighted by atomic mass is 36.0. The molecule has 1 fully saturated rings. The largest absolute Gasteiger partial charge is 0.515 e. The lowest BCUT2D eigenvalue weighted by atomic mass is 10.1. The number of benzene rings is 2. The number of aliphatic hydroxyl groups excluding tert-OH is 1. The number of Topliss-reactive ketones (excluding diaryl/α,β-unsaturated/α-hetero) is 1. The van der Waals surface area contributed by atoms with Crippen molar-refractivity contribution in [2.75, 3.05) is 92.7 Å². The second-order valence-electron chi connectivity index (χ2n) is 17.1. The predicted molar refractivity (Wildman–Crippen MR) is 302 cm³/mol. The number of nitrogens with one attached hydrogen (secondary N) is 1. The Morgan fingerprint density at radius 2 is 1.11 bits per heavy atom. The van der Waals surface area contributed by atoms with Gasteiger partial charge in [0.1, 0.15) is 12.1 Å². The molecule has 3 heterocycles. The number of aliphatic hydroxyl groups is 1. The number of ether oxygens (including phenoxy) is 3. The van der Waals surface area contributed by atoms with Crippen LogP contribution in [0.4, 0.5) is 15.8 Å². The zero-order chi connectivity index (χ0) is 56.6. The Kier molecular flexibility index (Phi) is 37.5. The first kappa shape index (κ1) is 67.0. The van der Waals surface area contributed by atoms with Crippen LogP contribution in [0.2, 0.25) is 0 Å². The van der Waals surface area contributed by atoms with E-state index in [1.165, 1.54) is 21.3 Å². The Balaban J connectivity index is 0.000000563. The Labute approximate surface area is 468 Å². The van der Waals surface area contributed by atoms with Gasteiger partial charge < -0.3 is 29.5 Å². The number of ketones is 1. The molecule has 0 radical (unpaired) electrons. The molecule has 1 saturated heterocycles. The molecule has 0 saturated carbocycles. The third kappa shape index (κ3) is 33.6. The van der Waals surface area contributed by atoms with E-state index >= 15 is 0 Å². The van der Waals surface area contributed by atoms with Crippen LogP contribution >= 0.6 is 62.1 Å². The van der Waals surface area contributed by atoms with Crippen LogP contribution in [0.15, 0.2) is 110 Å².